The monoisotopic (exact) mass is 225 g/mol. The maximum atomic E-state index is 5.62. The predicted molar refractivity (Wildman–Crippen MR) is 60.2 cm³/mol. The lowest BCUT2D eigenvalue weighted by atomic mass is 10.2. The third kappa shape index (κ3) is 2.84. The zero-order valence-corrected chi connectivity index (χ0v) is 9.91. The Hall–Kier alpha value is -0.840. The van der Waals surface area contributed by atoms with E-state index in [1.54, 1.807) is 0 Å². The number of ether oxygens (including phenoxy) is 2. The smallest absolute Gasteiger partial charge is 0.130 e. The van der Waals surface area contributed by atoms with Gasteiger partial charge in [-0.1, -0.05) is 6.92 Å². The summed E-state index contributed by atoms with van der Waals surface area (Å²) < 4.78 is 16.3. The van der Waals surface area contributed by atoms with Crippen molar-refractivity contribution in [3.05, 3.63) is 23.2 Å². The average molecular weight is 225 g/mol. The van der Waals surface area contributed by atoms with Gasteiger partial charge in [-0.2, -0.15) is 0 Å². The van der Waals surface area contributed by atoms with Gasteiger partial charge in [0, 0.05) is 12.1 Å². The number of furan rings is 1. The maximum Gasteiger partial charge on any atom is 0.130 e. The van der Waals surface area contributed by atoms with Crippen LogP contribution < -0.4 is 5.32 Å². The van der Waals surface area contributed by atoms with Gasteiger partial charge in [0.15, 0.2) is 0 Å². The molecule has 0 amide bonds. The molecule has 1 N–H and O–H groups in total. The van der Waals surface area contributed by atoms with E-state index in [4.69, 9.17) is 13.9 Å². The Kier molecular flexibility index (Phi) is 3.98. The summed E-state index contributed by atoms with van der Waals surface area (Å²) in [5.41, 5.74) is 1.21. The lowest BCUT2D eigenvalue weighted by Gasteiger charge is -2.25. The third-order valence-corrected chi connectivity index (χ3v) is 2.71. The van der Waals surface area contributed by atoms with Crippen LogP contribution in [0.5, 0.6) is 0 Å². The molecule has 1 saturated heterocycles. The van der Waals surface area contributed by atoms with Crippen molar-refractivity contribution < 1.29 is 13.9 Å². The third-order valence-electron chi connectivity index (χ3n) is 2.71. The molecule has 4 nitrogen and oxygen atoms in total. The Morgan fingerprint density at radius 1 is 1.50 bits per heavy atom. The van der Waals surface area contributed by atoms with E-state index in [-0.39, 0.29) is 6.10 Å². The lowest BCUT2D eigenvalue weighted by Crippen LogP contribution is -2.35. The van der Waals surface area contributed by atoms with Crippen LogP contribution in [0.15, 0.2) is 10.5 Å². The summed E-state index contributed by atoms with van der Waals surface area (Å²) in [5.74, 6) is 1.88. The van der Waals surface area contributed by atoms with Gasteiger partial charge in [-0.15, -0.1) is 0 Å². The molecule has 1 aliphatic rings. The molecular weight excluding hydrogens is 206 g/mol. The van der Waals surface area contributed by atoms with E-state index >= 15 is 0 Å². The Labute approximate surface area is 95.9 Å². The van der Waals surface area contributed by atoms with Crippen LogP contribution >= 0.6 is 0 Å². The van der Waals surface area contributed by atoms with Gasteiger partial charge in [-0.05, 0) is 19.5 Å². The fraction of sp³-hybridized carbons (Fsp3) is 0.667. The molecule has 4 heteroatoms. The van der Waals surface area contributed by atoms with Gasteiger partial charge in [0.05, 0.1) is 13.2 Å². The second-order valence-corrected chi connectivity index (χ2v) is 4.04. The van der Waals surface area contributed by atoms with E-state index in [0.29, 0.717) is 19.8 Å². The highest BCUT2D eigenvalue weighted by Crippen LogP contribution is 2.17. The topological polar surface area (TPSA) is 43.6 Å². The van der Waals surface area contributed by atoms with Gasteiger partial charge in [0.1, 0.15) is 24.2 Å². The van der Waals surface area contributed by atoms with E-state index < -0.39 is 0 Å². The van der Waals surface area contributed by atoms with Crippen molar-refractivity contribution >= 4 is 0 Å². The van der Waals surface area contributed by atoms with E-state index in [0.717, 1.165) is 24.6 Å². The molecule has 0 radical (unpaired) electrons. The molecule has 1 fully saturated rings. The van der Waals surface area contributed by atoms with Crippen molar-refractivity contribution in [1.29, 1.82) is 0 Å². The quantitative estimate of drug-likeness (QED) is 0.799. The van der Waals surface area contributed by atoms with E-state index in [9.17, 15) is 0 Å². The number of hydrogen-bond donors (Lipinski definition) is 1. The summed E-state index contributed by atoms with van der Waals surface area (Å²) in [5, 5.41) is 3.29. The van der Waals surface area contributed by atoms with Gasteiger partial charge < -0.3 is 19.2 Å². The van der Waals surface area contributed by atoms with Gasteiger partial charge >= 0.3 is 0 Å². The molecule has 0 aromatic carbocycles. The number of rotatable bonds is 6. The molecule has 0 saturated carbocycles. The minimum absolute atomic E-state index is 0.252. The molecule has 2 rings (SSSR count). The molecule has 0 atom stereocenters. The first-order valence-corrected chi connectivity index (χ1v) is 5.78. The SMILES string of the molecule is CCNCc1cc(COC2COC2)oc1C. The summed E-state index contributed by atoms with van der Waals surface area (Å²) in [6, 6.07) is 2.07. The summed E-state index contributed by atoms with van der Waals surface area (Å²) in [4.78, 5) is 0. The number of hydrogen-bond acceptors (Lipinski definition) is 4. The first kappa shape index (κ1) is 11.6. The van der Waals surface area contributed by atoms with E-state index in [1.165, 1.54) is 5.56 Å². The molecule has 16 heavy (non-hydrogen) atoms. The van der Waals surface area contributed by atoms with Crippen LogP contribution in [0.3, 0.4) is 0 Å². The molecule has 0 aliphatic carbocycles. The predicted octanol–water partition coefficient (Wildman–Crippen LogP) is 1.61. The Bertz CT molecular complexity index is 331. The summed E-state index contributed by atoms with van der Waals surface area (Å²) in [6.45, 7) is 7.88. The van der Waals surface area contributed by atoms with E-state index in [1.807, 2.05) is 6.92 Å². The molecule has 1 aromatic heterocycles. The number of aryl methyl sites for hydroxylation is 1. The van der Waals surface area contributed by atoms with Gasteiger partial charge in [0.2, 0.25) is 0 Å². The largest absolute Gasteiger partial charge is 0.464 e. The Morgan fingerprint density at radius 3 is 2.94 bits per heavy atom. The van der Waals surface area contributed by atoms with Crippen LogP contribution in [-0.4, -0.2) is 25.9 Å². The molecule has 0 unspecified atom stereocenters. The minimum atomic E-state index is 0.252. The first-order valence-electron chi connectivity index (χ1n) is 5.78. The van der Waals surface area contributed by atoms with Crippen molar-refractivity contribution in [2.75, 3.05) is 19.8 Å². The highest BCUT2D eigenvalue weighted by molar-refractivity contribution is 5.20. The van der Waals surface area contributed by atoms with Crippen LogP contribution in [0.2, 0.25) is 0 Å². The highest BCUT2D eigenvalue weighted by Gasteiger charge is 2.19. The van der Waals surface area contributed by atoms with Gasteiger partial charge in [-0.25, -0.2) is 0 Å². The van der Waals surface area contributed by atoms with Crippen molar-refractivity contribution in [2.45, 2.75) is 33.1 Å². The van der Waals surface area contributed by atoms with Gasteiger partial charge in [0.25, 0.3) is 0 Å². The molecule has 0 spiro atoms. The molecule has 1 aliphatic heterocycles. The normalized spacial score (nSPS) is 16.4. The Morgan fingerprint density at radius 2 is 2.31 bits per heavy atom. The lowest BCUT2D eigenvalue weighted by molar-refractivity contribution is -0.137. The fourth-order valence-corrected chi connectivity index (χ4v) is 1.60. The standard InChI is InChI=1S/C12H19NO3/c1-3-13-5-10-4-11(16-9(10)2)8-15-12-6-14-7-12/h4,12-13H,3,5-8H2,1-2H3. The molecular formula is C12H19NO3. The zero-order chi connectivity index (χ0) is 11.4. The molecule has 0 bridgehead atoms. The second-order valence-electron chi connectivity index (χ2n) is 4.04. The number of nitrogens with one attached hydrogen (secondary N) is 1. The van der Waals surface area contributed by atoms with Gasteiger partial charge in [-0.3, -0.25) is 0 Å². The van der Waals surface area contributed by atoms with Crippen molar-refractivity contribution in [1.82, 2.24) is 5.32 Å². The van der Waals surface area contributed by atoms with Crippen LogP contribution in [-0.2, 0) is 22.6 Å². The summed E-state index contributed by atoms with van der Waals surface area (Å²) in [6.07, 6.45) is 0.252. The Balaban J connectivity index is 1.83. The highest BCUT2D eigenvalue weighted by atomic mass is 16.6. The maximum absolute atomic E-state index is 5.62. The zero-order valence-electron chi connectivity index (χ0n) is 9.91. The van der Waals surface area contributed by atoms with Crippen LogP contribution in [0.1, 0.15) is 24.0 Å². The summed E-state index contributed by atoms with van der Waals surface area (Å²) in [7, 11) is 0. The van der Waals surface area contributed by atoms with Crippen molar-refractivity contribution in [2.24, 2.45) is 0 Å². The summed E-state index contributed by atoms with van der Waals surface area (Å²) >= 11 is 0. The van der Waals surface area contributed by atoms with E-state index in [2.05, 4.69) is 18.3 Å². The molecule has 1 aromatic rings. The fourth-order valence-electron chi connectivity index (χ4n) is 1.60. The average Bonchev–Trinajstić information content (AvgIpc) is 2.54. The van der Waals surface area contributed by atoms with Crippen molar-refractivity contribution in [3.8, 4) is 0 Å². The first-order chi connectivity index (χ1) is 7.79. The minimum Gasteiger partial charge on any atom is -0.464 e. The molecule has 2 heterocycles. The van der Waals surface area contributed by atoms with Crippen LogP contribution in [0, 0.1) is 6.92 Å². The van der Waals surface area contributed by atoms with Crippen LogP contribution in [0.4, 0.5) is 0 Å². The molecule has 90 valence electrons. The van der Waals surface area contributed by atoms with Crippen LogP contribution in [0.25, 0.3) is 0 Å². The second kappa shape index (κ2) is 5.48. The van der Waals surface area contributed by atoms with Crippen molar-refractivity contribution in [3.63, 3.8) is 0 Å².